The Morgan fingerprint density at radius 3 is 2.50 bits per heavy atom. The molecule has 1 aromatic carbocycles. The van der Waals surface area contributed by atoms with Gasteiger partial charge in [-0.1, -0.05) is 6.07 Å². The Morgan fingerprint density at radius 1 is 1.00 bits per heavy atom. The molecule has 0 atom stereocenters. The van der Waals surface area contributed by atoms with Crippen molar-refractivity contribution < 1.29 is 41.4 Å². The fourth-order valence-electron chi connectivity index (χ4n) is 2.89. The van der Waals surface area contributed by atoms with Crippen LogP contribution in [0.25, 0.3) is 11.5 Å². The lowest BCUT2D eigenvalue weighted by Gasteiger charge is -2.34. The molecule has 0 spiro atoms. The average molecular weight is 453 g/mol. The number of hydrogen-bond donors (Lipinski definition) is 0. The van der Waals surface area contributed by atoms with E-state index in [4.69, 9.17) is 23.5 Å². The van der Waals surface area contributed by atoms with E-state index in [0.717, 1.165) is 0 Å². The monoisotopic (exact) mass is 453 g/mol. The topological polar surface area (TPSA) is 98.0 Å². The van der Waals surface area contributed by atoms with Gasteiger partial charge in [-0.15, -0.1) is 13.2 Å². The van der Waals surface area contributed by atoms with Crippen LogP contribution in [0.4, 0.5) is 13.2 Å². The molecular formula is C20H18F3N3O6. The van der Waals surface area contributed by atoms with Gasteiger partial charge in [-0.2, -0.15) is 0 Å². The zero-order valence-electron chi connectivity index (χ0n) is 16.7. The molecule has 32 heavy (non-hydrogen) atoms. The van der Waals surface area contributed by atoms with Crippen LogP contribution in [0.1, 0.15) is 12.8 Å². The van der Waals surface area contributed by atoms with Crippen LogP contribution in [0.15, 0.2) is 47.2 Å². The summed E-state index contributed by atoms with van der Waals surface area (Å²) in [6, 6.07) is 6.97. The Balaban J connectivity index is 1.25. The zero-order valence-corrected chi connectivity index (χ0v) is 16.7. The minimum atomic E-state index is -4.75. The molecule has 3 aromatic rings. The van der Waals surface area contributed by atoms with Gasteiger partial charge in [-0.25, -0.2) is 9.97 Å². The number of hydrogen-bond acceptors (Lipinski definition) is 9. The molecule has 0 bridgehead atoms. The summed E-state index contributed by atoms with van der Waals surface area (Å²) in [5.74, 6) is 0.930. The first-order chi connectivity index (χ1) is 15.4. The van der Waals surface area contributed by atoms with Crippen molar-refractivity contribution in [3.05, 3.63) is 42.7 Å². The summed E-state index contributed by atoms with van der Waals surface area (Å²) in [5, 5.41) is 3.74. The lowest BCUT2D eigenvalue weighted by molar-refractivity contribution is -0.274. The highest BCUT2D eigenvalue weighted by molar-refractivity contribution is 5.51. The summed E-state index contributed by atoms with van der Waals surface area (Å²) in [7, 11) is 1.49. The van der Waals surface area contributed by atoms with E-state index >= 15 is 0 Å². The summed E-state index contributed by atoms with van der Waals surface area (Å²) >= 11 is 0. The summed E-state index contributed by atoms with van der Waals surface area (Å²) in [6.07, 6.45) is -1.04. The Kier molecular flexibility index (Phi) is 6.30. The van der Waals surface area contributed by atoms with Gasteiger partial charge >= 0.3 is 6.36 Å². The van der Waals surface area contributed by atoms with Gasteiger partial charge < -0.3 is 28.2 Å². The Hall–Kier alpha value is -3.54. The average Bonchev–Trinajstić information content (AvgIpc) is 3.19. The van der Waals surface area contributed by atoms with Crippen molar-refractivity contribution in [3.63, 3.8) is 0 Å². The van der Waals surface area contributed by atoms with Crippen LogP contribution >= 0.6 is 0 Å². The van der Waals surface area contributed by atoms with Crippen molar-refractivity contribution in [2.75, 3.05) is 13.9 Å². The molecule has 12 heteroatoms. The molecule has 4 rings (SSSR count). The fourth-order valence-corrected chi connectivity index (χ4v) is 2.89. The van der Waals surface area contributed by atoms with Crippen molar-refractivity contribution in [1.29, 1.82) is 0 Å². The molecule has 1 fully saturated rings. The number of halogens is 3. The van der Waals surface area contributed by atoms with Crippen molar-refractivity contribution in [2.24, 2.45) is 0 Å². The normalized spacial score (nSPS) is 18.0. The van der Waals surface area contributed by atoms with Gasteiger partial charge in [0.15, 0.2) is 12.6 Å². The minimum absolute atomic E-state index is 0.0449. The molecule has 9 nitrogen and oxygen atoms in total. The number of rotatable bonds is 9. The second-order valence-corrected chi connectivity index (χ2v) is 6.79. The molecule has 1 aliphatic carbocycles. The number of nitrogens with zero attached hydrogens (tertiary/aromatic N) is 3. The van der Waals surface area contributed by atoms with Crippen molar-refractivity contribution >= 4 is 0 Å². The predicted molar refractivity (Wildman–Crippen MR) is 101 cm³/mol. The molecule has 2 aromatic heterocycles. The number of benzene rings is 1. The number of alkyl halides is 3. The number of ether oxygens (including phenoxy) is 5. The first-order valence-corrected chi connectivity index (χ1v) is 9.48. The van der Waals surface area contributed by atoms with E-state index in [1.807, 2.05) is 0 Å². The zero-order chi connectivity index (χ0) is 22.6. The van der Waals surface area contributed by atoms with Crippen LogP contribution in [0.3, 0.4) is 0 Å². The van der Waals surface area contributed by atoms with E-state index in [1.165, 1.54) is 37.7 Å². The second kappa shape index (κ2) is 9.30. The summed E-state index contributed by atoms with van der Waals surface area (Å²) in [4.78, 5) is 8.44. The van der Waals surface area contributed by atoms with Gasteiger partial charge in [0.2, 0.25) is 5.88 Å². The molecule has 0 radical (unpaired) electrons. The maximum Gasteiger partial charge on any atom is 0.573 e. The third-order valence-electron chi connectivity index (χ3n) is 4.37. The molecule has 170 valence electrons. The SMILES string of the molecule is COCOc1cc(-c2cnc(OC3CC(Oc4cccc(OC(F)(F)F)c4)C3)cn2)on1. The van der Waals surface area contributed by atoms with E-state index < -0.39 is 6.36 Å². The van der Waals surface area contributed by atoms with Gasteiger partial charge in [0, 0.05) is 26.0 Å². The first-order valence-electron chi connectivity index (χ1n) is 9.48. The van der Waals surface area contributed by atoms with E-state index in [1.54, 1.807) is 12.1 Å². The van der Waals surface area contributed by atoms with Gasteiger partial charge in [-0.05, 0) is 17.3 Å². The van der Waals surface area contributed by atoms with Crippen LogP contribution in [0.5, 0.6) is 23.3 Å². The first kappa shape index (κ1) is 21.7. The molecule has 0 N–H and O–H groups in total. The van der Waals surface area contributed by atoms with Crippen LogP contribution in [-0.4, -0.2) is 47.6 Å². The predicted octanol–water partition coefficient (Wildman–Crippen LogP) is 4.00. The van der Waals surface area contributed by atoms with Gasteiger partial charge in [0.25, 0.3) is 5.88 Å². The quantitative estimate of drug-likeness (QED) is 0.445. The smallest absolute Gasteiger partial charge is 0.490 e. The van der Waals surface area contributed by atoms with E-state index in [0.29, 0.717) is 35.9 Å². The minimum Gasteiger partial charge on any atom is -0.490 e. The van der Waals surface area contributed by atoms with E-state index in [9.17, 15) is 13.2 Å². The fraction of sp³-hybridized carbons (Fsp3) is 0.350. The molecule has 0 saturated heterocycles. The lowest BCUT2D eigenvalue weighted by Crippen LogP contribution is -2.41. The number of aromatic nitrogens is 3. The maximum atomic E-state index is 12.3. The van der Waals surface area contributed by atoms with Gasteiger partial charge in [-0.3, -0.25) is 0 Å². The molecule has 1 saturated carbocycles. The van der Waals surface area contributed by atoms with Gasteiger partial charge in [0.1, 0.15) is 29.4 Å². The third kappa shape index (κ3) is 5.78. The summed E-state index contributed by atoms with van der Waals surface area (Å²) in [5.41, 5.74) is 0.452. The van der Waals surface area contributed by atoms with Crippen molar-refractivity contribution in [2.45, 2.75) is 31.4 Å². The summed E-state index contributed by atoms with van der Waals surface area (Å²) in [6.45, 7) is 0.0449. The van der Waals surface area contributed by atoms with E-state index in [-0.39, 0.29) is 30.6 Å². The van der Waals surface area contributed by atoms with Crippen molar-refractivity contribution in [3.8, 4) is 34.7 Å². The maximum absolute atomic E-state index is 12.3. The molecule has 2 heterocycles. The van der Waals surface area contributed by atoms with Crippen LogP contribution in [0, 0.1) is 0 Å². The van der Waals surface area contributed by atoms with E-state index in [2.05, 4.69) is 19.9 Å². The Labute approximate surface area is 180 Å². The summed E-state index contributed by atoms with van der Waals surface area (Å²) < 4.78 is 67.4. The Bertz CT molecular complexity index is 1020. The number of methoxy groups -OCH3 is 1. The van der Waals surface area contributed by atoms with Crippen LogP contribution in [0.2, 0.25) is 0 Å². The standard InChI is InChI=1S/C20H18F3N3O6/c1-27-11-28-18-8-17(32-26-18)16-9-25-19(10-24-16)30-15-6-14(7-15)29-12-3-2-4-13(5-12)31-20(21,22)23/h2-5,8-10,14-15H,6-7,11H2,1H3. The highest BCUT2D eigenvalue weighted by atomic mass is 19.4. The Morgan fingerprint density at radius 2 is 1.78 bits per heavy atom. The molecule has 1 aliphatic rings. The van der Waals surface area contributed by atoms with Crippen LogP contribution < -0.4 is 18.9 Å². The van der Waals surface area contributed by atoms with Crippen molar-refractivity contribution in [1.82, 2.24) is 15.1 Å². The van der Waals surface area contributed by atoms with Crippen LogP contribution in [-0.2, 0) is 4.74 Å². The largest absolute Gasteiger partial charge is 0.573 e. The van der Waals surface area contributed by atoms with Gasteiger partial charge in [0.05, 0.1) is 18.5 Å². The second-order valence-electron chi connectivity index (χ2n) is 6.79. The third-order valence-corrected chi connectivity index (χ3v) is 4.37. The molecule has 0 aliphatic heterocycles. The highest BCUT2D eigenvalue weighted by Crippen LogP contribution is 2.32. The lowest BCUT2D eigenvalue weighted by atomic mass is 9.92. The molecular weight excluding hydrogens is 435 g/mol. The molecule has 0 unspecified atom stereocenters. The highest BCUT2D eigenvalue weighted by Gasteiger charge is 2.34. The molecule has 0 amide bonds.